The van der Waals surface area contributed by atoms with Crippen LogP contribution in [-0.4, -0.2) is 66.9 Å². The largest absolute Gasteiger partial charge is 0.354 e. The first-order valence-corrected chi connectivity index (χ1v) is 11.0. The number of hydrogen-bond donors (Lipinski definition) is 0. The van der Waals surface area contributed by atoms with Gasteiger partial charge in [0, 0.05) is 57.6 Å². The molecule has 29 heavy (non-hydrogen) atoms. The van der Waals surface area contributed by atoms with E-state index in [-0.39, 0.29) is 10.6 Å². The lowest BCUT2D eigenvalue weighted by Crippen LogP contribution is -2.49. The molecule has 0 radical (unpaired) electrons. The zero-order valence-corrected chi connectivity index (χ0v) is 16.7. The number of non-ortho nitro benzene ring substituents is 1. The lowest BCUT2D eigenvalue weighted by atomic mass is 10.3. The third-order valence-corrected chi connectivity index (χ3v) is 7.18. The number of rotatable bonds is 5. The quantitative estimate of drug-likeness (QED) is 0.530. The molecule has 2 aliphatic heterocycles. The zero-order valence-electron chi connectivity index (χ0n) is 15.8. The SMILES string of the molecule is O=[N+]([O-])c1ccc(S(=O)(=O)N2CCN(c3ccnc(N4CCCC4)n3)CC2)cc1. The molecular formula is C18H22N6O4S. The molecule has 0 N–H and O–H groups in total. The average molecular weight is 418 g/mol. The van der Waals surface area contributed by atoms with Gasteiger partial charge in [0.25, 0.3) is 5.69 Å². The van der Waals surface area contributed by atoms with Gasteiger partial charge < -0.3 is 9.80 Å². The van der Waals surface area contributed by atoms with E-state index >= 15 is 0 Å². The summed E-state index contributed by atoms with van der Waals surface area (Å²) < 4.78 is 27.1. The van der Waals surface area contributed by atoms with E-state index in [2.05, 4.69) is 19.8 Å². The van der Waals surface area contributed by atoms with Crippen LogP contribution in [-0.2, 0) is 10.0 Å². The second kappa shape index (κ2) is 7.91. The van der Waals surface area contributed by atoms with Crippen LogP contribution < -0.4 is 9.80 Å². The predicted octanol–water partition coefficient (Wildman–Crippen LogP) is 1.50. The Balaban J connectivity index is 1.43. The van der Waals surface area contributed by atoms with E-state index in [9.17, 15) is 18.5 Å². The molecule has 11 heteroatoms. The number of nitro groups is 1. The summed E-state index contributed by atoms with van der Waals surface area (Å²) in [7, 11) is -3.69. The van der Waals surface area contributed by atoms with Crippen LogP contribution in [0.25, 0.3) is 0 Å². The van der Waals surface area contributed by atoms with Gasteiger partial charge in [0.05, 0.1) is 9.82 Å². The Hall–Kier alpha value is -2.79. The summed E-state index contributed by atoms with van der Waals surface area (Å²) >= 11 is 0. The molecular weight excluding hydrogens is 396 g/mol. The summed E-state index contributed by atoms with van der Waals surface area (Å²) in [5.74, 6) is 1.52. The van der Waals surface area contributed by atoms with E-state index in [4.69, 9.17) is 0 Å². The molecule has 0 saturated carbocycles. The highest BCUT2D eigenvalue weighted by molar-refractivity contribution is 7.89. The maximum absolute atomic E-state index is 12.8. The van der Waals surface area contributed by atoms with E-state index in [1.807, 2.05) is 6.07 Å². The molecule has 0 atom stereocenters. The summed E-state index contributed by atoms with van der Waals surface area (Å²) in [5, 5.41) is 10.8. The first-order valence-electron chi connectivity index (χ1n) is 9.53. The van der Waals surface area contributed by atoms with Gasteiger partial charge >= 0.3 is 0 Å². The van der Waals surface area contributed by atoms with Gasteiger partial charge in [-0.05, 0) is 31.0 Å². The first-order chi connectivity index (χ1) is 13.9. The van der Waals surface area contributed by atoms with E-state index in [0.29, 0.717) is 26.2 Å². The van der Waals surface area contributed by atoms with Gasteiger partial charge in [-0.15, -0.1) is 0 Å². The molecule has 2 aromatic rings. The van der Waals surface area contributed by atoms with Crippen molar-refractivity contribution in [1.82, 2.24) is 14.3 Å². The molecule has 0 aliphatic carbocycles. The van der Waals surface area contributed by atoms with Crippen molar-refractivity contribution in [1.29, 1.82) is 0 Å². The van der Waals surface area contributed by atoms with Crippen LogP contribution in [0.15, 0.2) is 41.4 Å². The molecule has 3 heterocycles. The highest BCUT2D eigenvalue weighted by atomic mass is 32.2. The second-order valence-corrected chi connectivity index (χ2v) is 8.99. The number of nitrogens with zero attached hydrogens (tertiary/aromatic N) is 6. The van der Waals surface area contributed by atoms with Crippen molar-refractivity contribution in [3.8, 4) is 0 Å². The van der Waals surface area contributed by atoms with Gasteiger partial charge in [-0.3, -0.25) is 10.1 Å². The fourth-order valence-corrected chi connectivity index (χ4v) is 5.05. The Bertz CT molecular complexity index is 984. The number of aromatic nitrogens is 2. The minimum absolute atomic E-state index is 0.0647. The molecule has 10 nitrogen and oxygen atoms in total. The van der Waals surface area contributed by atoms with Crippen LogP contribution >= 0.6 is 0 Å². The van der Waals surface area contributed by atoms with Crippen LogP contribution in [0.5, 0.6) is 0 Å². The Morgan fingerprint density at radius 3 is 2.17 bits per heavy atom. The summed E-state index contributed by atoms with van der Waals surface area (Å²) in [5.41, 5.74) is -0.133. The third-order valence-electron chi connectivity index (χ3n) is 5.27. The average Bonchev–Trinajstić information content (AvgIpc) is 3.29. The smallest absolute Gasteiger partial charge is 0.269 e. The number of nitro benzene ring substituents is 1. The molecule has 154 valence electrons. The van der Waals surface area contributed by atoms with Gasteiger partial charge in [-0.25, -0.2) is 13.4 Å². The van der Waals surface area contributed by atoms with Crippen molar-refractivity contribution in [3.63, 3.8) is 0 Å². The van der Waals surface area contributed by atoms with E-state index < -0.39 is 14.9 Å². The number of anilines is 2. The molecule has 2 fully saturated rings. The predicted molar refractivity (Wildman–Crippen MR) is 108 cm³/mol. The molecule has 0 bridgehead atoms. The lowest BCUT2D eigenvalue weighted by Gasteiger charge is -2.34. The van der Waals surface area contributed by atoms with E-state index in [0.717, 1.165) is 37.7 Å². The Labute approximate surface area is 169 Å². The van der Waals surface area contributed by atoms with Crippen molar-refractivity contribution in [3.05, 3.63) is 46.6 Å². The summed E-state index contributed by atoms with van der Waals surface area (Å²) in [6, 6.07) is 6.84. The molecule has 0 amide bonds. The molecule has 2 saturated heterocycles. The van der Waals surface area contributed by atoms with Crippen LogP contribution in [0.3, 0.4) is 0 Å². The van der Waals surface area contributed by atoms with Gasteiger partial charge in [0.2, 0.25) is 16.0 Å². The van der Waals surface area contributed by atoms with Crippen molar-refractivity contribution < 1.29 is 13.3 Å². The summed E-state index contributed by atoms with van der Waals surface area (Å²) in [6.45, 7) is 3.60. The van der Waals surface area contributed by atoms with E-state index in [1.165, 1.54) is 28.6 Å². The maximum atomic E-state index is 12.8. The van der Waals surface area contributed by atoms with Gasteiger partial charge in [0.1, 0.15) is 5.82 Å². The number of piperazine rings is 1. The lowest BCUT2D eigenvalue weighted by molar-refractivity contribution is -0.384. The number of benzene rings is 1. The highest BCUT2D eigenvalue weighted by Crippen LogP contribution is 2.23. The Morgan fingerprint density at radius 1 is 0.897 bits per heavy atom. The molecule has 0 spiro atoms. The molecule has 1 aromatic heterocycles. The minimum atomic E-state index is -3.69. The van der Waals surface area contributed by atoms with Crippen LogP contribution in [0.2, 0.25) is 0 Å². The van der Waals surface area contributed by atoms with Crippen molar-refractivity contribution in [2.75, 3.05) is 49.1 Å². The van der Waals surface area contributed by atoms with Crippen molar-refractivity contribution in [2.45, 2.75) is 17.7 Å². The standard InChI is InChI=1S/C18H22N6O4S/c25-24(26)15-3-5-16(6-4-15)29(27,28)23-13-11-21(12-14-23)17-7-8-19-18(20-17)22-9-1-2-10-22/h3-8H,1-2,9-14H2. The molecule has 2 aliphatic rings. The van der Waals surface area contributed by atoms with Crippen LogP contribution in [0.1, 0.15) is 12.8 Å². The molecule has 1 aromatic carbocycles. The minimum Gasteiger partial charge on any atom is -0.354 e. The summed E-state index contributed by atoms with van der Waals surface area (Å²) in [6.07, 6.45) is 4.04. The first kappa shape index (κ1) is 19.5. The summed E-state index contributed by atoms with van der Waals surface area (Å²) in [4.78, 5) is 23.5. The zero-order chi connectivity index (χ0) is 20.4. The maximum Gasteiger partial charge on any atom is 0.269 e. The van der Waals surface area contributed by atoms with Gasteiger partial charge in [-0.2, -0.15) is 9.29 Å². The van der Waals surface area contributed by atoms with Gasteiger partial charge in [-0.1, -0.05) is 0 Å². The Kier molecular flexibility index (Phi) is 5.33. The van der Waals surface area contributed by atoms with E-state index in [1.54, 1.807) is 6.20 Å². The monoisotopic (exact) mass is 418 g/mol. The fraction of sp³-hybridized carbons (Fsp3) is 0.444. The molecule has 0 unspecified atom stereocenters. The normalized spacial score (nSPS) is 18.2. The fourth-order valence-electron chi connectivity index (χ4n) is 3.63. The highest BCUT2D eigenvalue weighted by Gasteiger charge is 2.29. The van der Waals surface area contributed by atoms with Crippen LogP contribution in [0, 0.1) is 10.1 Å². The van der Waals surface area contributed by atoms with Crippen molar-refractivity contribution >= 4 is 27.5 Å². The second-order valence-electron chi connectivity index (χ2n) is 7.05. The number of hydrogen-bond acceptors (Lipinski definition) is 8. The number of sulfonamides is 1. The van der Waals surface area contributed by atoms with Crippen LogP contribution in [0.4, 0.5) is 17.5 Å². The Morgan fingerprint density at radius 2 is 1.55 bits per heavy atom. The third kappa shape index (κ3) is 4.01. The topological polar surface area (TPSA) is 113 Å². The van der Waals surface area contributed by atoms with Crippen molar-refractivity contribution in [2.24, 2.45) is 0 Å². The molecule has 4 rings (SSSR count). The van der Waals surface area contributed by atoms with Gasteiger partial charge in [0.15, 0.2) is 0 Å².